The molecule has 0 radical (unpaired) electrons. The molecule has 0 saturated heterocycles. The summed E-state index contributed by atoms with van der Waals surface area (Å²) in [6, 6.07) is 14.8. The first-order chi connectivity index (χ1) is 15.1. The number of hydrogen-bond donors (Lipinski definition) is 2. The normalized spacial score (nSPS) is 18.7. The fourth-order valence-electron chi connectivity index (χ4n) is 4.17. The van der Waals surface area contributed by atoms with Crippen molar-refractivity contribution < 1.29 is 4.39 Å². The van der Waals surface area contributed by atoms with Crippen molar-refractivity contribution in [2.45, 2.75) is 51.1 Å². The van der Waals surface area contributed by atoms with Crippen molar-refractivity contribution >= 4 is 17.4 Å². The van der Waals surface area contributed by atoms with Crippen molar-refractivity contribution in [3.63, 3.8) is 0 Å². The predicted molar refractivity (Wildman–Crippen MR) is 124 cm³/mol. The lowest BCUT2D eigenvalue weighted by molar-refractivity contribution is 0.310. The van der Waals surface area contributed by atoms with E-state index in [1.54, 1.807) is 12.3 Å². The fourth-order valence-corrected chi connectivity index (χ4v) is 4.37. The highest BCUT2D eigenvalue weighted by Crippen LogP contribution is 2.30. The minimum absolute atomic E-state index is 0.242. The van der Waals surface area contributed by atoms with E-state index in [1.807, 2.05) is 24.3 Å². The van der Waals surface area contributed by atoms with Gasteiger partial charge in [0.25, 0.3) is 0 Å². The van der Waals surface area contributed by atoms with Gasteiger partial charge in [-0.15, -0.1) is 0 Å². The molecule has 1 fully saturated rings. The summed E-state index contributed by atoms with van der Waals surface area (Å²) >= 11 is 6.46. The highest BCUT2D eigenvalue weighted by Gasteiger charge is 2.18. The zero-order valence-corrected chi connectivity index (χ0v) is 18.3. The molecule has 1 aromatic carbocycles. The number of aryl methyl sites for hydroxylation is 1. The third kappa shape index (κ3) is 6.02. The molecule has 4 nitrogen and oxygen atoms in total. The van der Waals surface area contributed by atoms with Crippen molar-refractivity contribution in [2.75, 3.05) is 5.32 Å². The summed E-state index contributed by atoms with van der Waals surface area (Å²) < 4.78 is 13.4. The van der Waals surface area contributed by atoms with Crippen LogP contribution in [0.4, 0.5) is 10.2 Å². The maximum atomic E-state index is 13.4. The molecule has 0 spiro atoms. The summed E-state index contributed by atoms with van der Waals surface area (Å²) in [7, 11) is 0. The van der Waals surface area contributed by atoms with E-state index in [0.29, 0.717) is 17.6 Å². The lowest BCUT2D eigenvalue weighted by Gasteiger charge is -2.25. The first-order valence-corrected chi connectivity index (χ1v) is 11.3. The molecule has 6 heteroatoms. The van der Waals surface area contributed by atoms with Gasteiger partial charge in [-0.3, -0.25) is 4.98 Å². The monoisotopic (exact) mass is 438 g/mol. The maximum absolute atomic E-state index is 13.4. The second-order valence-electron chi connectivity index (χ2n) is 8.37. The van der Waals surface area contributed by atoms with Crippen LogP contribution in [-0.2, 0) is 13.0 Å². The molecule has 0 atom stereocenters. The number of nitrogens with one attached hydrogen (secondary N) is 1. The van der Waals surface area contributed by atoms with Gasteiger partial charge in [0.05, 0.1) is 10.7 Å². The highest BCUT2D eigenvalue weighted by atomic mass is 35.5. The maximum Gasteiger partial charge on any atom is 0.126 e. The molecule has 3 N–H and O–H groups in total. The Morgan fingerprint density at radius 3 is 2.68 bits per heavy atom. The molecule has 0 unspecified atom stereocenters. The van der Waals surface area contributed by atoms with Gasteiger partial charge in [-0.1, -0.05) is 29.8 Å². The zero-order valence-electron chi connectivity index (χ0n) is 17.5. The number of nitrogens with zero attached hydrogens (tertiary/aromatic N) is 2. The van der Waals surface area contributed by atoms with Gasteiger partial charge in [-0.05, 0) is 80.3 Å². The van der Waals surface area contributed by atoms with E-state index in [9.17, 15) is 4.39 Å². The average molecular weight is 439 g/mol. The lowest BCUT2D eigenvalue weighted by Crippen LogP contribution is -2.26. The standard InChI is InChI=1S/C25H28ClFN4/c26-23-16-29-21(12-9-17-7-10-20(28)11-8-17)14-22(23)24-5-2-6-25(31-24)30-15-18-3-1-4-19(27)13-18/h1-6,13-14,16-17,20H,7-12,15,28H2,(H,30,31). The van der Waals surface area contributed by atoms with Crippen LogP contribution in [0.15, 0.2) is 54.7 Å². The van der Waals surface area contributed by atoms with Gasteiger partial charge in [-0.2, -0.15) is 0 Å². The summed E-state index contributed by atoms with van der Waals surface area (Å²) in [5.41, 5.74) is 9.59. The average Bonchev–Trinajstić information content (AvgIpc) is 2.78. The van der Waals surface area contributed by atoms with Crippen molar-refractivity contribution in [2.24, 2.45) is 11.7 Å². The molecule has 1 saturated carbocycles. The summed E-state index contributed by atoms with van der Waals surface area (Å²) in [6.45, 7) is 0.495. The van der Waals surface area contributed by atoms with E-state index in [4.69, 9.17) is 22.3 Å². The highest BCUT2D eigenvalue weighted by molar-refractivity contribution is 6.33. The number of pyridine rings is 2. The van der Waals surface area contributed by atoms with Gasteiger partial charge in [0, 0.05) is 30.0 Å². The van der Waals surface area contributed by atoms with Crippen molar-refractivity contribution in [3.8, 4) is 11.3 Å². The molecule has 0 aliphatic heterocycles. The van der Waals surface area contributed by atoms with Gasteiger partial charge in [0.1, 0.15) is 11.6 Å². The van der Waals surface area contributed by atoms with Gasteiger partial charge >= 0.3 is 0 Å². The number of nitrogens with two attached hydrogens (primary N) is 1. The Morgan fingerprint density at radius 1 is 1.06 bits per heavy atom. The summed E-state index contributed by atoms with van der Waals surface area (Å²) in [5, 5.41) is 3.84. The number of anilines is 1. The topological polar surface area (TPSA) is 63.8 Å². The molecule has 2 aromatic heterocycles. The van der Waals surface area contributed by atoms with Crippen LogP contribution in [0.1, 0.15) is 43.4 Å². The van der Waals surface area contributed by atoms with Gasteiger partial charge in [0.2, 0.25) is 0 Å². The molecule has 0 bridgehead atoms. The van der Waals surface area contributed by atoms with Crippen molar-refractivity contribution in [3.05, 3.63) is 76.8 Å². The first-order valence-electron chi connectivity index (χ1n) is 10.9. The molecule has 1 aliphatic rings. The lowest BCUT2D eigenvalue weighted by atomic mass is 9.83. The molecule has 162 valence electrons. The van der Waals surface area contributed by atoms with E-state index in [2.05, 4.69) is 16.4 Å². The van der Waals surface area contributed by atoms with E-state index in [-0.39, 0.29) is 5.82 Å². The summed E-state index contributed by atoms with van der Waals surface area (Å²) in [5.74, 6) is 1.21. The Hall–Kier alpha value is -2.50. The SMILES string of the molecule is NC1CCC(CCc2cc(-c3cccc(NCc4cccc(F)c4)n3)c(Cl)cn2)CC1. The van der Waals surface area contributed by atoms with Crippen LogP contribution in [0.5, 0.6) is 0 Å². The van der Waals surface area contributed by atoms with Gasteiger partial charge in [-0.25, -0.2) is 9.37 Å². The smallest absolute Gasteiger partial charge is 0.126 e. The van der Waals surface area contributed by atoms with Crippen molar-refractivity contribution in [1.82, 2.24) is 9.97 Å². The van der Waals surface area contributed by atoms with Crippen LogP contribution in [0.3, 0.4) is 0 Å². The Labute approximate surface area is 188 Å². The minimum atomic E-state index is -0.242. The fraction of sp³-hybridized carbons (Fsp3) is 0.360. The van der Waals surface area contributed by atoms with Crippen LogP contribution in [0, 0.1) is 11.7 Å². The summed E-state index contributed by atoms with van der Waals surface area (Å²) in [4.78, 5) is 9.24. The Kier molecular flexibility index (Phi) is 7.15. The first kappa shape index (κ1) is 21.7. The molecule has 1 aliphatic carbocycles. The van der Waals surface area contributed by atoms with Gasteiger partial charge < -0.3 is 11.1 Å². The van der Waals surface area contributed by atoms with E-state index < -0.39 is 0 Å². The molecular weight excluding hydrogens is 411 g/mol. The number of benzene rings is 1. The van der Waals surface area contributed by atoms with E-state index >= 15 is 0 Å². The third-order valence-corrected chi connectivity index (χ3v) is 6.30. The number of halogens is 2. The van der Waals surface area contributed by atoms with Crippen LogP contribution in [0.2, 0.25) is 5.02 Å². The Bertz CT molecular complexity index is 1020. The second kappa shape index (κ2) is 10.2. The van der Waals surface area contributed by atoms with Crippen LogP contribution in [-0.4, -0.2) is 16.0 Å². The van der Waals surface area contributed by atoms with Gasteiger partial charge in [0.15, 0.2) is 0 Å². The molecule has 2 heterocycles. The summed E-state index contributed by atoms with van der Waals surface area (Å²) in [6.07, 6.45) is 8.46. The third-order valence-electron chi connectivity index (χ3n) is 6.00. The number of aromatic nitrogens is 2. The van der Waals surface area contributed by atoms with E-state index in [1.165, 1.54) is 25.0 Å². The predicted octanol–water partition coefficient (Wildman–Crippen LogP) is 6.00. The molecule has 0 amide bonds. The molecule has 3 aromatic rings. The van der Waals surface area contributed by atoms with E-state index in [0.717, 1.165) is 59.9 Å². The molecule has 4 rings (SSSR count). The largest absolute Gasteiger partial charge is 0.366 e. The Morgan fingerprint density at radius 2 is 1.87 bits per heavy atom. The zero-order chi connectivity index (χ0) is 21.6. The number of rotatable bonds is 7. The Balaban J connectivity index is 1.43. The van der Waals surface area contributed by atoms with Crippen LogP contribution in [0.25, 0.3) is 11.3 Å². The second-order valence-corrected chi connectivity index (χ2v) is 8.77. The van der Waals surface area contributed by atoms with Crippen molar-refractivity contribution in [1.29, 1.82) is 0 Å². The number of hydrogen-bond acceptors (Lipinski definition) is 4. The minimum Gasteiger partial charge on any atom is -0.366 e. The quantitative estimate of drug-likeness (QED) is 0.475. The molecular formula is C25H28ClFN4. The molecule has 31 heavy (non-hydrogen) atoms. The van der Waals surface area contributed by atoms with Crippen LogP contribution >= 0.6 is 11.6 Å². The van der Waals surface area contributed by atoms with Crippen LogP contribution < -0.4 is 11.1 Å².